The molecule has 0 amide bonds. The van der Waals surface area contributed by atoms with E-state index >= 15 is 0 Å². The lowest BCUT2D eigenvalue weighted by Gasteiger charge is -2.21. The second-order valence-corrected chi connectivity index (χ2v) is 34.8. The largest absolute Gasteiger partial charge is 0.472 e. The molecule has 0 aromatic heterocycles. The maximum Gasteiger partial charge on any atom is 0.472 e. The molecular formula is C86H168O17P2. The maximum atomic E-state index is 13.1. The van der Waals surface area contributed by atoms with Gasteiger partial charge in [0.2, 0.25) is 0 Å². The smallest absolute Gasteiger partial charge is 0.462 e. The molecule has 0 aliphatic rings. The highest BCUT2D eigenvalue weighted by molar-refractivity contribution is 7.47. The van der Waals surface area contributed by atoms with Crippen LogP contribution in [0.1, 0.15) is 459 Å². The molecule has 0 bridgehead atoms. The lowest BCUT2D eigenvalue weighted by molar-refractivity contribution is -0.161. The Morgan fingerprint density at radius 2 is 0.438 bits per heavy atom. The molecule has 3 N–H and O–H groups in total. The van der Waals surface area contributed by atoms with E-state index < -0.39 is 97.5 Å². The Labute approximate surface area is 645 Å². The van der Waals surface area contributed by atoms with Crippen LogP contribution in [0.15, 0.2) is 0 Å². The van der Waals surface area contributed by atoms with Gasteiger partial charge in [-0.15, -0.1) is 0 Å². The van der Waals surface area contributed by atoms with E-state index in [0.29, 0.717) is 31.6 Å². The molecule has 0 saturated heterocycles. The fourth-order valence-electron chi connectivity index (χ4n) is 13.4. The maximum absolute atomic E-state index is 13.1. The molecule has 624 valence electrons. The Bertz CT molecular complexity index is 2010. The molecule has 0 saturated carbocycles. The number of carbonyl (C=O) groups excluding carboxylic acids is 4. The third-order valence-electron chi connectivity index (χ3n) is 20.2. The molecule has 0 heterocycles. The SMILES string of the molecule is CCCCCCCCCCCCCCCCCCCCCCCC(=O)O[C@H](COC(=O)CCCCCCCCCCCCCCCCCCCCC)COP(=O)(O)OC[C@@H](O)COP(=O)(O)OC[C@@H](COC(=O)CCCCCCCCC(C)C)OC(=O)CCCCCCCCCCCCCCCC(C)C. The minimum atomic E-state index is -4.97. The van der Waals surface area contributed by atoms with Gasteiger partial charge in [0.05, 0.1) is 26.4 Å². The molecule has 0 fully saturated rings. The van der Waals surface area contributed by atoms with Crippen molar-refractivity contribution in [1.82, 2.24) is 0 Å². The molecule has 0 radical (unpaired) electrons. The van der Waals surface area contributed by atoms with Gasteiger partial charge in [-0.1, -0.05) is 408 Å². The number of aliphatic hydroxyl groups excluding tert-OH is 1. The van der Waals surface area contributed by atoms with E-state index in [2.05, 4.69) is 41.5 Å². The number of carbonyl (C=O) groups is 4. The van der Waals surface area contributed by atoms with E-state index in [9.17, 15) is 43.2 Å². The Morgan fingerprint density at radius 1 is 0.257 bits per heavy atom. The second kappa shape index (κ2) is 77.4. The Hall–Kier alpha value is -1.94. The molecule has 17 nitrogen and oxygen atoms in total. The number of esters is 4. The molecule has 0 aromatic carbocycles. The summed E-state index contributed by atoms with van der Waals surface area (Å²) >= 11 is 0. The number of rotatable bonds is 85. The monoisotopic (exact) mass is 1540 g/mol. The van der Waals surface area contributed by atoms with Crippen LogP contribution in [-0.4, -0.2) is 96.7 Å². The van der Waals surface area contributed by atoms with Crippen molar-refractivity contribution in [3.8, 4) is 0 Å². The molecule has 19 heteroatoms. The summed E-state index contributed by atoms with van der Waals surface area (Å²) in [4.78, 5) is 73.2. The van der Waals surface area contributed by atoms with Gasteiger partial charge >= 0.3 is 39.5 Å². The van der Waals surface area contributed by atoms with Gasteiger partial charge in [0, 0.05) is 25.7 Å². The topological polar surface area (TPSA) is 237 Å². The van der Waals surface area contributed by atoms with Crippen molar-refractivity contribution >= 4 is 39.5 Å². The summed E-state index contributed by atoms with van der Waals surface area (Å²) in [7, 11) is -9.93. The van der Waals surface area contributed by atoms with Gasteiger partial charge in [0.15, 0.2) is 12.2 Å². The van der Waals surface area contributed by atoms with Gasteiger partial charge < -0.3 is 33.8 Å². The van der Waals surface area contributed by atoms with Crippen molar-refractivity contribution in [2.75, 3.05) is 39.6 Å². The first kappa shape index (κ1) is 103. The van der Waals surface area contributed by atoms with Crippen LogP contribution in [0.3, 0.4) is 0 Å². The van der Waals surface area contributed by atoms with Gasteiger partial charge in [-0.2, -0.15) is 0 Å². The summed E-state index contributed by atoms with van der Waals surface area (Å²) in [6.07, 6.45) is 69.7. The van der Waals surface area contributed by atoms with Crippen molar-refractivity contribution in [2.24, 2.45) is 11.8 Å². The quantitative estimate of drug-likeness (QED) is 0.0222. The zero-order valence-corrected chi connectivity index (χ0v) is 70.8. The molecular weight excluding hydrogens is 1370 g/mol. The predicted molar refractivity (Wildman–Crippen MR) is 432 cm³/mol. The molecule has 105 heavy (non-hydrogen) atoms. The molecule has 0 spiro atoms. The van der Waals surface area contributed by atoms with Crippen molar-refractivity contribution in [3.05, 3.63) is 0 Å². The number of hydrogen-bond acceptors (Lipinski definition) is 15. The van der Waals surface area contributed by atoms with Gasteiger partial charge in [0.25, 0.3) is 0 Å². The molecule has 0 aliphatic carbocycles. The summed E-state index contributed by atoms with van der Waals surface area (Å²) in [5, 5.41) is 10.7. The Morgan fingerprint density at radius 3 is 0.648 bits per heavy atom. The summed E-state index contributed by atoms with van der Waals surface area (Å²) in [5.41, 5.74) is 0. The first-order valence-corrected chi connectivity index (χ1v) is 47.5. The molecule has 0 aliphatic heterocycles. The van der Waals surface area contributed by atoms with Crippen LogP contribution in [0.4, 0.5) is 0 Å². The van der Waals surface area contributed by atoms with Crippen LogP contribution < -0.4 is 0 Å². The van der Waals surface area contributed by atoms with Crippen molar-refractivity contribution in [2.45, 2.75) is 477 Å². The average Bonchev–Trinajstić information content (AvgIpc) is 0.911. The van der Waals surface area contributed by atoms with E-state index in [1.165, 1.54) is 270 Å². The fraction of sp³-hybridized carbons (Fsp3) is 0.953. The first-order chi connectivity index (χ1) is 50.9. The van der Waals surface area contributed by atoms with E-state index in [-0.39, 0.29) is 25.7 Å². The van der Waals surface area contributed by atoms with Crippen molar-refractivity contribution in [3.63, 3.8) is 0 Å². The standard InChI is InChI=1S/C86H168O17P2/c1-7-9-11-13-15-17-19-21-23-25-27-28-30-32-34-38-42-46-50-58-64-70-85(90)102-81(74-96-83(88)68-62-56-49-45-41-37-33-31-29-26-24-22-20-18-16-14-12-10-8-2)76-100-104(92,93)98-72-80(87)73-99-105(94,95)101-77-82(75-97-84(89)69-63-57-53-52-55-61-67-79(5)6)103-86(91)71-65-59-51-47-43-39-35-36-40-44-48-54-60-66-78(3)4/h78-82,87H,7-77H2,1-6H3,(H,92,93)(H,94,95)/t80-,81-,82-/m1/s1. The lowest BCUT2D eigenvalue weighted by atomic mass is 10.0. The fourth-order valence-corrected chi connectivity index (χ4v) is 15.0. The number of phosphoric ester groups is 2. The summed E-state index contributed by atoms with van der Waals surface area (Å²) in [6, 6.07) is 0. The highest BCUT2D eigenvalue weighted by atomic mass is 31.2. The molecule has 5 atom stereocenters. The molecule has 0 rings (SSSR count). The van der Waals surface area contributed by atoms with Crippen LogP contribution in [0.2, 0.25) is 0 Å². The Kier molecular flexibility index (Phi) is 76.0. The molecule has 2 unspecified atom stereocenters. The zero-order chi connectivity index (χ0) is 77.1. The van der Waals surface area contributed by atoms with E-state index in [1.807, 2.05) is 0 Å². The van der Waals surface area contributed by atoms with Crippen molar-refractivity contribution < 1.29 is 80.2 Å². The third-order valence-corrected chi connectivity index (χ3v) is 22.1. The van der Waals surface area contributed by atoms with Crippen molar-refractivity contribution in [1.29, 1.82) is 0 Å². The number of hydrogen-bond donors (Lipinski definition) is 3. The van der Waals surface area contributed by atoms with Crippen LogP contribution in [0.25, 0.3) is 0 Å². The minimum absolute atomic E-state index is 0.106. The summed E-state index contributed by atoms with van der Waals surface area (Å²) < 4.78 is 68.8. The van der Waals surface area contributed by atoms with Crippen LogP contribution >= 0.6 is 15.6 Å². The van der Waals surface area contributed by atoms with Crippen LogP contribution in [-0.2, 0) is 65.4 Å². The summed E-state index contributed by atoms with van der Waals surface area (Å²) in [6.45, 7) is 9.60. The molecule has 0 aromatic rings. The van der Waals surface area contributed by atoms with E-state index in [1.54, 1.807) is 0 Å². The highest BCUT2D eigenvalue weighted by Crippen LogP contribution is 2.45. The van der Waals surface area contributed by atoms with Crippen LogP contribution in [0.5, 0.6) is 0 Å². The lowest BCUT2D eigenvalue weighted by Crippen LogP contribution is -2.30. The second-order valence-electron chi connectivity index (χ2n) is 31.9. The van der Waals surface area contributed by atoms with Gasteiger partial charge in [-0.05, 0) is 37.5 Å². The number of phosphoric acid groups is 2. The number of aliphatic hydroxyl groups is 1. The van der Waals surface area contributed by atoms with Gasteiger partial charge in [-0.3, -0.25) is 37.3 Å². The average molecular weight is 1540 g/mol. The minimum Gasteiger partial charge on any atom is -0.462 e. The van der Waals surface area contributed by atoms with Gasteiger partial charge in [-0.25, -0.2) is 9.13 Å². The van der Waals surface area contributed by atoms with Gasteiger partial charge in [0.1, 0.15) is 19.3 Å². The first-order valence-electron chi connectivity index (χ1n) is 44.5. The number of ether oxygens (including phenoxy) is 4. The van der Waals surface area contributed by atoms with E-state index in [0.717, 1.165) is 102 Å². The zero-order valence-electron chi connectivity index (χ0n) is 69.0. The number of unbranched alkanes of at least 4 members (excludes halogenated alkanes) is 55. The predicted octanol–water partition coefficient (Wildman–Crippen LogP) is 26.2. The van der Waals surface area contributed by atoms with E-state index in [4.69, 9.17) is 37.0 Å². The third kappa shape index (κ3) is 79.9. The van der Waals surface area contributed by atoms with Crippen LogP contribution in [0, 0.1) is 11.8 Å². The normalized spacial score (nSPS) is 13.8. The Balaban J connectivity index is 5.21. The highest BCUT2D eigenvalue weighted by Gasteiger charge is 2.30. The summed E-state index contributed by atoms with van der Waals surface area (Å²) in [5.74, 6) is -0.640.